The molecule has 1 N–H and O–H groups in total. The van der Waals surface area contributed by atoms with Crippen molar-refractivity contribution in [2.45, 2.75) is 84.5 Å². The predicted octanol–water partition coefficient (Wildman–Crippen LogP) is 10.2. The number of carbonyl (C=O) groups excluding carboxylic acids is 1. The van der Waals surface area contributed by atoms with Gasteiger partial charge in [0.25, 0.3) is 0 Å². The van der Waals surface area contributed by atoms with Crippen LogP contribution in [0.3, 0.4) is 0 Å². The Balaban J connectivity index is 0.000000308. The fourth-order valence-electron chi connectivity index (χ4n) is 4.40. The molecule has 3 aromatic carbocycles. The van der Waals surface area contributed by atoms with Crippen LogP contribution < -0.4 is 9.47 Å². The maximum atomic E-state index is 13.6. The van der Waals surface area contributed by atoms with Crippen molar-refractivity contribution >= 4 is 11.9 Å². The first-order chi connectivity index (χ1) is 21.2. The molecule has 0 radical (unpaired) electrons. The number of carbonyl (C=O) groups is 2. The maximum Gasteiger partial charge on any atom is 0.335 e. The first-order valence-electron chi connectivity index (χ1n) is 15.5. The maximum absolute atomic E-state index is 13.6. The summed E-state index contributed by atoms with van der Waals surface area (Å²) in [6, 6.07) is 16.8. The zero-order chi connectivity index (χ0) is 32.2. The smallest absolute Gasteiger partial charge is 0.335 e. The van der Waals surface area contributed by atoms with Crippen molar-refractivity contribution in [3.05, 3.63) is 83.9 Å². The molecule has 0 fully saturated rings. The molecule has 0 aromatic heterocycles. The van der Waals surface area contributed by atoms with Crippen molar-refractivity contribution in [3.63, 3.8) is 0 Å². The highest BCUT2D eigenvalue weighted by molar-refractivity contribution is 5.87. The van der Waals surface area contributed by atoms with E-state index in [2.05, 4.69) is 6.92 Å². The predicted molar refractivity (Wildman–Crippen MR) is 168 cm³/mol. The number of alkyl halides is 1. The molecule has 0 aliphatic heterocycles. The monoisotopic (exact) mass is 614 g/mol. The molecule has 3 rings (SSSR count). The van der Waals surface area contributed by atoms with Gasteiger partial charge in [-0.25, -0.2) is 13.6 Å². The first-order valence-corrected chi connectivity index (χ1v) is 15.5. The average Bonchev–Trinajstić information content (AvgIpc) is 3.01. The molecule has 0 saturated carbocycles. The number of esters is 1. The summed E-state index contributed by atoms with van der Waals surface area (Å²) in [5.74, 6) is -2.45. The highest BCUT2D eigenvalue weighted by Crippen LogP contribution is 2.24. The van der Waals surface area contributed by atoms with E-state index in [0.717, 1.165) is 30.0 Å². The van der Waals surface area contributed by atoms with Crippen molar-refractivity contribution in [1.29, 1.82) is 0 Å². The van der Waals surface area contributed by atoms with Gasteiger partial charge in [-0.2, -0.15) is 0 Å². The Kier molecular flexibility index (Phi) is 17.4. The van der Waals surface area contributed by atoms with Crippen LogP contribution in [0.4, 0.5) is 13.2 Å². The molecule has 0 heterocycles. The van der Waals surface area contributed by atoms with Crippen LogP contribution in [-0.4, -0.2) is 30.3 Å². The Morgan fingerprint density at radius 3 is 2.00 bits per heavy atom. The molecule has 8 heteroatoms. The number of halogens is 3. The minimum absolute atomic E-state index is 0.0613. The molecule has 240 valence electrons. The Morgan fingerprint density at radius 1 is 0.795 bits per heavy atom. The number of carboxylic acid groups (broad SMARTS) is 1. The molecular weight excluding hydrogens is 569 g/mol. The Labute approximate surface area is 259 Å². The lowest BCUT2D eigenvalue weighted by Crippen LogP contribution is -2.18. The summed E-state index contributed by atoms with van der Waals surface area (Å²) in [4.78, 5) is 22.4. The second kappa shape index (κ2) is 21.0. The lowest BCUT2D eigenvalue weighted by Gasteiger charge is -2.10. The van der Waals surface area contributed by atoms with Crippen molar-refractivity contribution in [2.75, 3.05) is 13.3 Å². The van der Waals surface area contributed by atoms with Gasteiger partial charge in [0, 0.05) is 0 Å². The van der Waals surface area contributed by atoms with E-state index in [-0.39, 0.29) is 23.6 Å². The molecule has 0 aliphatic rings. The van der Waals surface area contributed by atoms with Crippen LogP contribution in [0.1, 0.15) is 94.8 Å². The second-order valence-electron chi connectivity index (χ2n) is 10.8. The van der Waals surface area contributed by atoms with E-state index in [1.54, 1.807) is 43.3 Å². The normalized spacial score (nSPS) is 11.3. The van der Waals surface area contributed by atoms with Gasteiger partial charge in [-0.3, -0.25) is 9.18 Å². The first kappa shape index (κ1) is 36.4. The van der Waals surface area contributed by atoms with Crippen molar-refractivity contribution < 1.29 is 37.3 Å². The number of benzene rings is 3. The van der Waals surface area contributed by atoms with Crippen molar-refractivity contribution in [1.82, 2.24) is 0 Å². The summed E-state index contributed by atoms with van der Waals surface area (Å²) >= 11 is 0. The van der Waals surface area contributed by atoms with Crippen LogP contribution in [0, 0.1) is 17.6 Å². The standard InChI is InChI=1S/C19H29FO3.C17H16F2O2/c1-2-3-4-5-6-7-8-9-10-11-14-23-18-13-12-16(19(21)22)15-17(18)20;1-12(9-10-18)17(20)21-16-7-5-13(6-8-16)14-3-2-4-15(19)11-14/h12-13,15H,2-11,14H2,1H3,(H,21,22);2-8,11-12H,9-10H2,1H3/t;12-/m.0/s1. The zero-order valence-electron chi connectivity index (χ0n) is 25.8. The third kappa shape index (κ3) is 14.1. The molecule has 44 heavy (non-hydrogen) atoms. The summed E-state index contributed by atoms with van der Waals surface area (Å²) in [7, 11) is 0. The van der Waals surface area contributed by atoms with E-state index >= 15 is 0 Å². The van der Waals surface area contributed by atoms with Crippen LogP contribution in [0.25, 0.3) is 11.1 Å². The largest absolute Gasteiger partial charge is 0.491 e. The van der Waals surface area contributed by atoms with Crippen molar-refractivity contribution in [2.24, 2.45) is 5.92 Å². The third-order valence-electron chi connectivity index (χ3n) is 7.11. The Bertz CT molecular complexity index is 1260. The quantitative estimate of drug-likeness (QED) is 0.0877. The number of carboxylic acids is 1. The number of hydrogen-bond acceptors (Lipinski definition) is 4. The van der Waals surface area contributed by atoms with Gasteiger partial charge in [-0.1, -0.05) is 95.9 Å². The number of hydrogen-bond donors (Lipinski definition) is 1. The molecule has 0 unspecified atom stereocenters. The highest BCUT2D eigenvalue weighted by Gasteiger charge is 2.15. The van der Waals surface area contributed by atoms with E-state index in [0.29, 0.717) is 12.4 Å². The third-order valence-corrected chi connectivity index (χ3v) is 7.11. The molecule has 1 atom stereocenters. The second-order valence-corrected chi connectivity index (χ2v) is 10.8. The summed E-state index contributed by atoms with van der Waals surface area (Å²) in [5, 5.41) is 8.77. The topological polar surface area (TPSA) is 72.8 Å². The van der Waals surface area contributed by atoms with Crippen LogP contribution in [-0.2, 0) is 4.79 Å². The summed E-state index contributed by atoms with van der Waals surface area (Å²) < 4.78 is 49.5. The van der Waals surface area contributed by atoms with Gasteiger partial charge >= 0.3 is 11.9 Å². The highest BCUT2D eigenvalue weighted by atomic mass is 19.1. The van der Waals surface area contributed by atoms with Crippen LogP contribution in [0.5, 0.6) is 11.5 Å². The lowest BCUT2D eigenvalue weighted by molar-refractivity contribution is -0.138. The van der Waals surface area contributed by atoms with Crippen molar-refractivity contribution in [3.8, 4) is 22.6 Å². The van der Waals surface area contributed by atoms with E-state index in [1.165, 1.54) is 75.6 Å². The molecule has 3 aromatic rings. The Morgan fingerprint density at radius 2 is 1.43 bits per heavy atom. The van der Waals surface area contributed by atoms with E-state index in [9.17, 15) is 22.8 Å². The van der Waals surface area contributed by atoms with Gasteiger partial charge in [0.1, 0.15) is 11.6 Å². The number of unbranched alkanes of at least 4 members (excludes halogenated alkanes) is 9. The lowest BCUT2D eigenvalue weighted by atomic mass is 10.1. The SMILES string of the molecule is CCCCCCCCCCCCOc1ccc(C(=O)O)cc1F.C[C@@H](CCF)C(=O)Oc1ccc(-c2cccc(F)c2)cc1. The molecule has 0 saturated heterocycles. The summed E-state index contributed by atoms with van der Waals surface area (Å²) in [6.45, 7) is 3.78. The number of aromatic carboxylic acids is 1. The molecule has 5 nitrogen and oxygen atoms in total. The molecule has 0 aliphatic carbocycles. The zero-order valence-corrected chi connectivity index (χ0v) is 25.8. The van der Waals surface area contributed by atoms with E-state index < -0.39 is 30.3 Å². The van der Waals surface area contributed by atoms with Gasteiger partial charge in [0.2, 0.25) is 0 Å². The Hall–Kier alpha value is -3.81. The van der Waals surface area contributed by atoms with Crippen LogP contribution in [0.15, 0.2) is 66.7 Å². The van der Waals surface area contributed by atoms with Crippen LogP contribution in [0.2, 0.25) is 0 Å². The van der Waals surface area contributed by atoms with Crippen LogP contribution >= 0.6 is 0 Å². The number of rotatable bonds is 18. The van der Waals surface area contributed by atoms with Gasteiger partial charge in [-0.05, 0) is 66.4 Å². The molecular formula is C36H45F3O5. The van der Waals surface area contributed by atoms with Gasteiger partial charge < -0.3 is 14.6 Å². The summed E-state index contributed by atoms with van der Waals surface area (Å²) in [5.41, 5.74) is 1.51. The minimum Gasteiger partial charge on any atom is -0.491 e. The van der Waals surface area contributed by atoms with Gasteiger partial charge in [-0.15, -0.1) is 0 Å². The minimum atomic E-state index is -1.13. The van der Waals surface area contributed by atoms with Gasteiger partial charge in [0.05, 0.1) is 24.8 Å². The molecule has 0 spiro atoms. The summed E-state index contributed by atoms with van der Waals surface area (Å²) in [6.07, 6.45) is 12.6. The van der Waals surface area contributed by atoms with Gasteiger partial charge in [0.15, 0.2) is 11.6 Å². The average molecular weight is 615 g/mol. The van der Waals surface area contributed by atoms with E-state index in [4.69, 9.17) is 14.6 Å². The molecule has 0 amide bonds. The fraction of sp³-hybridized carbons (Fsp3) is 0.444. The van der Waals surface area contributed by atoms with E-state index in [1.807, 2.05) is 0 Å². The number of ether oxygens (including phenoxy) is 2. The fourth-order valence-corrected chi connectivity index (χ4v) is 4.40. The molecule has 0 bridgehead atoms.